The van der Waals surface area contributed by atoms with Crippen molar-refractivity contribution in [1.82, 2.24) is 4.90 Å². The van der Waals surface area contributed by atoms with E-state index < -0.39 is 0 Å². The van der Waals surface area contributed by atoms with Gasteiger partial charge in [0.05, 0.1) is 6.04 Å². The lowest BCUT2D eigenvalue weighted by Gasteiger charge is -2.23. The molecule has 0 spiro atoms. The number of carbonyl (C=O) groups excluding carboxylic acids is 1. The maximum absolute atomic E-state index is 12.2. The molecule has 0 aliphatic heterocycles. The maximum atomic E-state index is 12.2. The van der Waals surface area contributed by atoms with Crippen LogP contribution in [0, 0.1) is 0 Å². The van der Waals surface area contributed by atoms with E-state index in [-0.39, 0.29) is 6.04 Å². The van der Waals surface area contributed by atoms with Crippen LogP contribution in [0.3, 0.4) is 0 Å². The van der Waals surface area contributed by atoms with Crippen molar-refractivity contribution in [2.24, 2.45) is 0 Å². The van der Waals surface area contributed by atoms with Crippen LogP contribution in [0.15, 0.2) is 30.3 Å². The first kappa shape index (κ1) is 13.9. The third kappa shape index (κ3) is 4.31. The highest BCUT2D eigenvalue weighted by atomic mass is 16.1. The van der Waals surface area contributed by atoms with Crippen molar-refractivity contribution >= 4 is 5.78 Å². The lowest BCUT2D eigenvalue weighted by atomic mass is 9.98. The second-order valence-corrected chi connectivity index (χ2v) is 4.70. The molecular weight excluding hydrogens is 210 g/mol. The summed E-state index contributed by atoms with van der Waals surface area (Å²) in [6, 6.07) is 9.94. The molecule has 1 aromatic carbocycles. The van der Waals surface area contributed by atoms with Crippen molar-refractivity contribution < 1.29 is 4.79 Å². The fraction of sp³-hybridized carbons (Fsp3) is 0.533. The molecule has 0 aliphatic carbocycles. The van der Waals surface area contributed by atoms with E-state index in [9.17, 15) is 4.79 Å². The number of unbranched alkanes of at least 4 members (excludes halogenated alkanes) is 2. The van der Waals surface area contributed by atoms with Crippen molar-refractivity contribution in [2.45, 2.75) is 38.6 Å². The molecule has 2 heteroatoms. The van der Waals surface area contributed by atoms with Gasteiger partial charge < -0.3 is 0 Å². The Balaban J connectivity index is 2.70. The summed E-state index contributed by atoms with van der Waals surface area (Å²) in [5, 5.41) is 0. The molecule has 0 heterocycles. The number of rotatable bonds is 7. The normalized spacial score (nSPS) is 12.7. The fourth-order valence-corrected chi connectivity index (χ4v) is 2.09. The third-order valence-electron chi connectivity index (χ3n) is 2.96. The summed E-state index contributed by atoms with van der Waals surface area (Å²) in [5.41, 5.74) is 1.10. The largest absolute Gasteiger partial charge is 0.298 e. The highest BCUT2D eigenvalue weighted by Gasteiger charge is 2.21. The molecule has 0 bridgehead atoms. The van der Waals surface area contributed by atoms with Crippen LogP contribution in [0.1, 0.15) is 44.2 Å². The van der Waals surface area contributed by atoms with Crippen molar-refractivity contribution in [2.75, 3.05) is 14.1 Å². The summed E-state index contributed by atoms with van der Waals surface area (Å²) in [6.07, 6.45) is 3.99. The highest BCUT2D eigenvalue weighted by Crippen LogP contribution is 2.21. The molecule has 0 saturated carbocycles. The number of Topliss-reactive ketones (excluding diaryl/α,β-unsaturated/α-hetero) is 1. The average Bonchev–Trinajstić information content (AvgIpc) is 2.30. The van der Waals surface area contributed by atoms with Crippen LogP contribution in [0.2, 0.25) is 0 Å². The van der Waals surface area contributed by atoms with Gasteiger partial charge >= 0.3 is 0 Å². The smallest absolute Gasteiger partial charge is 0.154 e. The van der Waals surface area contributed by atoms with Crippen LogP contribution in [0.5, 0.6) is 0 Å². The molecule has 94 valence electrons. The van der Waals surface area contributed by atoms with Gasteiger partial charge in [-0.3, -0.25) is 9.69 Å². The molecule has 17 heavy (non-hydrogen) atoms. The van der Waals surface area contributed by atoms with Gasteiger partial charge in [-0.05, 0) is 26.1 Å². The van der Waals surface area contributed by atoms with Crippen molar-refractivity contribution in [3.05, 3.63) is 35.9 Å². The Morgan fingerprint density at radius 1 is 1.18 bits per heavy atom. The van der Waals surface area contributed by atoms with Gasteiger partial charge in [-0.15, -0.1) is 0 Å². The highest BCUT2D eigenvalue weighted by molar-refractivity contribution is 5.85. The van der Waals surface area contributed by atoms with Crippen molar-refractivity contribution in [3.8, 4) is 0 Å². The molecule has 2 nitrogen and oxygen atoms in total. The molecule has 1 aromatic rings. The van der Waals surface area contributed by atoms with Gasteiger partial charge in [0.2, 0.25) is 0 Å². The number of hydrogen-bond acceptors (Lipinski definition) is 2. The molecule has 0 radical (unpaired) electrons. The maximum Gasteiger partial charge on any atom is 0.154 e. The number of hydrogen-bond donors (Lipinski definition) is 0. The lowest BCUT2D eigenvalue weighted by Crippen LogP contribution is -2.27. The minimum Gasteiger partial charge on any atom is -0.298 e. The van der Waals surface area contributed by atoms with E-state index in [1.165, 1.54) is 0 Å². The van der Waals surface area contributed by atoms with Crippen molar-refractivity contribution in [1.29, 1.82) is 0 Å². The summed E-state index contributed by atoms with van der Waals surface area (Å²) in [4.78, 5) is 14.2. The number of likely N-dealkylation sites (N-methyl/N-ethyl adjacent to an activating group) is 1. The minimum atomic E-state index is -0.0898. The monoisotopic (exact) mass is 233 g/mol. The van der Waals surface area contributed by atoms with Crippen LogP contribution < -0.4 is 0 Å². The quantitative estimate of drug-likeness (QED) is 0.672. The lowest BCUT2D eigenvalue weighted by molar-refractivity contribution is -0.123. The zero-order chi connectivity index (χ0) is 12.7. The third-order valence-corrected chi connectivity index (χ3v) is 2.96. The second kappa shape index (κ2) is 7.23. The van der Waals surface area contributed by atoms with Gasteiger partial charge in [0.15, 0.2) is 5.78 Å². The average molecular weight is 233 g/mol. The molecule has 0 aromatic heterocycles. The van der Waals surface area contributed by atoms with E-state index in [0.29, 0.717) is 12.2 Å². The Bertz CT molecular complexity index is 332. The van der Waals surface area contributed by atoms with E-state index in [4.69, 9.17) is 0 Å². The zero-order valence-electron chi connectivity index (χ0n) is 11.1. The Kier molecular flexibility index (Phi) is 5.92. The Morgan fingerprint density at radius 2 is 1.82 bits per heavy atom. The van der Waals surface area contributed by atoms with E-state index in [1.807, 2.05) is 49.3 Å². The van der Waals surface area contributed by atoms with Gasteiger partial charge in [0, 0.05) is 6.42 Å². The van der Waals surface area contributed by atoms with Crippen LogP contribution >= 0.6 is 0 Å². The van der Waals surface area contributed by atoms with Gasteiger partial charge in [-0.1, -0.05) is 50.1 Å². The topological polar surface area (TPSA) is 20.3 Å². The Labute approximate surface area is 105 Å². The summed E-state index contributed by atoms with van der Waals surface area (Å²) in [5.74, 6) is 0.328. The number of nitrogens with zero attached hydrogens (tertiary/aromatic N) is 1. The molecule has 0 amide bonds. The Hall–Kier alpha value is -1.15. The zero-order valence-corrected chi connectivity index (χ0v) is 11.1. The summed E-state index contributed by atoms with van der Waals surface area (Å²) >= 11 is 0. The van der Waals surface area contributed by atoms with Gasteiger partial charge in [0.25, 0.3) is 0 Å². The van der Waals surface area contributed by atoms with Crippen LogP contribution in [-0.4, -0.2) is 24.8 Å². The van der Waals surface area contributed by atoms with Gasteiger partial charge in [0.1, 0.15) is 0 Å². The standard InChI is InChI=1S/C15H23NO/c1-4-5-7-12-14(17)15(16(2)3)13-10-8-6-9-11-13/h6,8-11,15H,4-5,7,12H2,1-3H3. The van der Waals surface area contributed by atoms with E-state index in [1.54, 1.807) is 0 Å². The minimum absolute atomic E-state index is 0.0898. The summed E-state index contributed by atoms with van der Waals surface area (Å²) in [7, 11) is 3.94. The fourth-order valence-electron chi connectivity index (χ4n) is 2.09. The Morgan fingerprint density at radius 3 is 2.35 bits per heavy atom. The number of ketones is 1. The number of benzene rings is 1. The molecule has 1 rings (SSSR count). The van der Waals surface area contributed by atoms with Crippen LogP contribution in [-0.2, 0) is 4.79 Å². The van der Waals surface area contributed by atoms with Gasteiger partial charge in [-0.25, -0.2) is 0 Å². The van der Waals surface area contributed by atoms with Gasteiger partial charge in [-0.2, -0.15) is 0 Å². The van der Waals surface area contributed by atoms with Crippen LogP contribution in [0.4, 0.5) is 0 Å². The molecule has 1 unspecified atom stereocenters. The molecule has 0 aliphatic rings. The molecule has 0 N–H and O–H groups in total. The summed E-state index contributed by atoms with van der Waals surface area (Å²) < 4.78 is 0. The van der Waals surface area contributed by atoms with Crippen molar-refractivity contribution in [3.63, 3.8) is 0 Å². The molecule has 1 atom stereocenters. The second-order valence-electron chi connectivity index (χ2n) is 4.70. The summed E-state index contributed by atoms with van der Waals surface area (Å²) in [6.45, 7) is 2.16. The molecule has 0 saturated heterocycles. The molecular formula is C15H23NO. The van der Waals surface area contributed by atoms with E-state index in [0.717, 1.165) is 24.8 Å². The van der Waals surface area contributed by atoms with E-state index >= 15 is 0 Å². The predicted molar refractivity (Wildman–Crippen MR) is 72.0 cm³/mol. The predicted octanol–water partition coefficient (Wildman–Crippen LogP) is 3.44. The first-order valence-corrected chi connectivity index (χ1v) is 6.41. The number of carbonyl (C=O) groups is 1. The first-order chi connectivity index (χ1) is 8.16. The molecule has 0 fully saturated rings. The van der Waals surface area contributed by atoms with E-state index in [2.05, 4.69) is 6.92 Å². The first-order valence-electron chi connectivity index (χ1n) is 6.41. The van der Waals surface area contributed by atoms with Crippen LogP contribution in [0.25, 0.3) is 0 Å². The SMILES string of the molecule is CCCCCC(=O)C(c1ccccc1)N(C)C.